The number of nitrogens with zero attached hydrogens (tertiary/aromatic N) is 3. The zero-order valence-corrected chi connectivity index (χ0v) is 15.6. The molecule has 134 valence electrons. The zero-order valence-electron chi connectivity index (χ0n) is 14.1. The number of hydrogen-bond acceptors (Lipinski definition) is 5. The predicted octanol–water partition coefficient (Wildman–Crippen LogP) is 4.49. The van der Waals surface area contributed by atoms with Gasteiger partial charge in [-0.3, -0.25) is 0 Å². The normalized spacial score (nSPS) is 10.5. The Labute approximate surface area is 162 Å². The van der Waals surface area contributed by atoms with Gasteiger partial charge in [0.25, 0.3) is 0 Å². The number of halogens is 2. The molecule has 7 heteroatoms. The van der Waals surface area contributed by atoms with Crippen LogP contribution >= 0.6 is 23.2 Å². The highest BCUT2D eigenvalue weighted by molar-refractivity contribution is 6.30. The number of nitrogens with one attached hydrogen (secondary N) is 2. The Balaban J connectivity index is 1.45. The summed E-state index contributed by atoms with van der Waals surface area (Å²) in [4.78, 5) is 4.43. The van der Waals surface area contributed by atoms with Crippen molar-refractivity contribution in [2.75, 3.05) is 23.7 Å². The molecule has 0 aliphatic rings. The molecule has 0 saturated heterocycles. The molecule has 3 aromatic rings. The first-order chi connectivity index (χ1) is 12.7. The largest absolute Gasteiger partial charge is 0.368 e. The number of benzene rings is 2. The molecule has 0 spiro atoms. The van der Waals surface area contributed by atoms with Crippen LogP contribution in [0.5, 0.6) is 0 Å². The predicted molar refractivity (Wildman–Crippen MR) is 107 cm³/mol. The van der Waals surface area contributed by atoms with Crippen molar-refractivity contribution in [2.24, 2.45) is 0 Å². The van der Waals surface area contributed by atoms with Crippen LogP contribution in [0.15, 0.2) is 54.7 Å². The first-order valence-electron chi connectivity index (χ1n) is 8.35. The minimum atomic E-state index is 0.510. The average Bonchev–Trinajstić information content (AvgIpc) is 2.65. The van der Waals surface area contributed by atoms with Gasteiger partial charge >= 0.3 is 0 Å². The highest BCUT2D eigenvalue weighted by Gasteiger charge is 2.01. The van der Waals surface area contributed by atoms with Gasteiger partial charge < -0.3 is 10.6 Å². The third-order valence-electron chi connectivity index (χ3n) is 3.80. The number of hydrogen-bond donors (Lipinski definition) is 2. The summed E-state index contributed by atoms with van der Waals surface area (Å²) in [5.74, 6) is 1.21. The van der Waals surface area contributed by atoms with Crippen LogP contribution in [-0.2, 0) is 12.8 Å². The van der Waals surface area contributed by atoms with Crippen molar-refractivity contribution in [1.29, 1.82) is 0 Å². The molecule has 0 aliphatic heterocycles. The summed E-state index contributed by atoms with van der Waals surface area (Å²) in [6, 6.07) is 15.6. The summed E-state index contributed by atoms with van der Waals surface area (Å²) in [6.45, 7) is 1.47. The quantitative estimate of drug-likeness (QED) is 0.596. The molecule has 0 aliphatic carbocycles. The lowest BCUT2D eigenvalue weighted by atomic mass is 10.1. The van der Waals surface area contributed by atoms with Crippen molar-refractivity contribution in [2.45, 2.75) is 12.8 Å². The van der Waals surface area contributed by atoms with Gasteiger partial charge in [-0.2, -0.15) is 10.1 Å². The fraction of sp³-hybridized carbons (Fsp3) is 0.211. The van der Waals surface area contributed by atoms with Crippen LogP contribution in [0.2, 0.25) is 10.0 Å². The Morgan fingerprint density at radius 3 is 1.85 bits per heavy atom. The van der Waals surface area contributed by atoms with Crippen molar-refractivity contribution >= 4 is 35.0 Å². The van der Waals surface area contributed by atoms with Crippen molar-refractivity contribution in [3.63, 3.8) is 0 Å². The maximum absolute atomic E-state index is 5.89. The van der Waals surface area contributed by atoms with Gasteiger partial charge in [0.1, 0.15) is 0 Å². The number of rotatable bonds is 8. The molecule has 0 unspecified atom stereocenters. The van der Waals surface area contributed by atoms with E-state index in [4.69, 9.17) is 23.2 Å². The average molecular weight is 388 g/mol. The summed E-state index contributed by atoms with van der Waals surface area (Å²) in [6.07, 6.45) is 3.35. The third kappa shape index (κ3) is 5.86. The van der Waals surface area contributed by atoms with Gasteiger partial charge in [0.15, 0.2) is 5.82 Å². The maximum atomic E-state index is 5.89. The number of aromatic nitrogens is 3. The van der Waals surface area contributed by atoms with Gasteiger partial charge in [0.2, 0.25) is 5.95 Å². The van der Waals surface area contributed by atoms with Crippen LogP contribution in [0.4, 0.5) is 11.8 Å². The van der Waals surface area contributed by atoms with E-state index in [1.54, 1.807) is 6.20 Å². The minimum Gasteiger partial charge on any atom is -0.368 e. The lowest BCUT2D eigenvalue weighted by Crippen LogP contribution is -2.12. The molecule has 1 aromatic heterocycles. The molecule has 3 rings (SSSR count). The van der Waals surface area contributed by atoms with Crippen LogP contribution in [0.1, 0.15) is 11.1 Å². The first-order valence-corrected chi connectivity index (χ1v) is 9.11. The van der Waals surface area contributed by atoms with Crippen molar-refractivity contribution in [3.05, 3.63) is 75.9 Å². The van der Waals surface area contributed by atoms with Crippen LogP contribution in [0, 0.1) is 0 Å². The molecular weight excluding hydrogens is 369 g/mol. The first kappa shape index (κ1) is 18.4. The second-order valence-electron chi connectivity index (χ2n) is 5.77. The molecular formula is C19H19Cl2N5. The molecule has 0 amide bonds. The SMILES string of the molecule is Clc1ccc(CCNc2cnnc(NCCc3ccc(Cl)cc3)n2)cc1. The third-order valence-corrected chi connectivity index (χ3v) is 4.31. The lowest BCUT2D eigenvalue weighted by molar-refractivity contribution is 0.916. The van der Waals surface area contributed by atoms with E-state index in [1.807, 2.05) is 48.5 Å². The molecule has 2 N–H and O–H groups in total. The smallest absolute Gasteiger partial charge is 0.244 e. The van der Waals surface area contributed by atoms with Gasteiger partial charge in [-0.25, -0.2) is 0 Å². The highest BCUT2D eigenvalue weighted by atomic mass is 35.5. The Bertz CT molecular complexity index is 755. The molecule has 0 saturated carbocycles. The molecule has 0 atom stereocenters. The number of anilines is 2. The zero-order chi connectivity index (χ0) is 18.2. The van der Waals surface area contributed by atoms with E-state index >= 15 is 0 Å². The van der Waals surface area contributed by atoms with Crippen molar-refractivity contribution in [1.82, 2.24) is 15.2 Å². The fourth-order valence-electron chi connectivity index (χ4n) is 2.42. The van der Waals surface area contributed by atoms with E-state index in [1.165, 1.54) is 11.1 Å². The molecule has 2 aromatic carbocycles. The molecule has 5 nitrogen and oxygen atoms in total. The molecule has 1 heterocycles. The second kappa shape index (κ2) is 9.36. The standard InChI is InChI=1S/C19H19Cl2N5/c20-16-5-1-14(2-6-16)9-11-22-18-13-24-26-19(25-18)23-12-10-15-3-7-17(21)8-4-15/h1-8,13H,9-12H2,(H2,22,23,25,26). The Morgan fingerprint density at radius 2 is 1.27 bits per heavy atom. The van der Waals surface area contributed by atoms with Crippen LogP contribution < -0.4 is 10.6 Å². The van der Waals surface area contributed by atoms with Crippen molar-refractivity contribution in [3.8, 4) is 0 Å². The highest BCUT2D eigenvalue weighted by Crippen LogP contribution is 2.11. The molecule has 0 fully saturated rings. The maximum Gasteiger partial charge on any atom is 0.244 e. The van der Waals surface area contributed by atoms with Crippen molar-refractivity contribution < 1.29 is 0 Å². The van der Waals surface area contributed by atoms with E-state index < -0.39 is 0 Å². The van der Waals surface area contributed by atoms with Gasteiger partial charge in [-0.05, 0) is 48.2 Å². The van der Waals surface area contributed by atoms with E-state index in [0.717, 1.165) is 36.0 Å². The summed E-state index contributed by atoms with van der Waals surface area (Å²) >= 11 is 11.8. The summed E-state index contributed by atoms with van der Waals surface area (Å²) in [5, 5.41) is 15.9. The summed E-state index contributed by atoms with van der Waals surface area (Å²) in [5.41, 5.74) is 2.41. The molecule has 0 bridgehead atoms. The topological polar surface area (TPSA) is 62.7 Å². The summed E-state index contributed by atoms with van der Waals surface area (Å²) < 4.78 is 0. The monoisotopic (exact) mass is 387 g/mol. The Morgan fingerprint density at radius 1 is 0.731 bits per heavy atom. The van der Waals surface area contributed by atoms with Gasteiger partial charge in [-0.1, -0.05) is 47.5 Å². The molecule has 26 heavy (non-hydrogen) atoms. The lowest BCUT2D eigenvalue weighted by Gasteiger charge is -2.08. The van der Waals surface area contributed by atoms with Crippen LogP contribution in [0.3, 0.4) is 0 Å². The fourth-order valence-corrected chi connectivity index (χ4v) is 2.67. The van der Waals surface area contributed by atoms with E-state index in [9.17, 15) is 0 Å². The Kier molecular flexibility index (Phi) is 6.63. The van der Waals surface area contributed by atoms with E-state index in [0.29, 0.717) is 11.8 Å². The van der Waals surface area contributed by atoms with E-state index in [2.05, 4.69) is 25.8 Å². The van der Waals surface area contributed by atoms with Gasteiger partial charge in [-0.15, -0.1) is 5.10 Å². The van der Waals surface area contributed by atoms with Gasteiger partial charge in [0, 0.05) is 23.1 Å². The summed E-state index contributed by atoms with van der Waals surface area (Å²) in [7, 11) is 0. The minimum absolute atomic E-state index is 0.510. The second-order valence-corrected chi connectivity index (χ2v) is 6.64. The molecule has 0 radical (unpaired) electrons. The Hall–Kier alpha value is -2.37. The van der Waals surface area contributed by atoms with E-state index in [-0.39, 0.29) is 0 Å². The van der Waals surface area contributed by atoms with Crippen LogP contribution in [-0.4, -0.2) is 28.3 Å². The van der Waals surface area contributed by atoms with Gasteiger partial charge in [0.05, 0.1) is 6.20 Å². The van der Waals surface area contributed by atoms with Crippen LogP contribution in [0.25, 0.3) is 0 Å².